The zero-order chi connectivity index (χ0) is 19.8. The molecule has 0 unspecified atom stereocenters. The number of benzene rings is 3. The fourth-order valence-electron chi connectivity index (χ4n) is 2.84. The van der Waals surface area contributed by atoms with Gasteiger partial charge in [0.15, 0.2) is 0 Å². The monoisotopic (exact) mass is 375 g/mol. The first-order valence-corrected chi connectivity index (χ1v) is 9.24. The van der Waals surface area contributed by atoms with Crippen LogP contribution in [0.2, 0.25) is 0 Å². The molecule has 5 heteroatoms. The van der Waals surface area contributed by atoms with E-state index in [1.807, 2.05) is 78.9 Å². The number of nitrogen functional groups attached to an aromatic ring is 2. The van der Waals surface area contributed by atoms with Crippen molar-refractivity contribution in [2.45, 2.75) is 19.6 Å². The Kier molecular flexibility index (Phi) is 6.52. The van der Waals surface area contributed by atoms with E-state index in [1.54, 1.807) is 4.90 Å². The summed E-state index contributed by atoms with van der Waals surface area (Å²) in [5, 5.41) is 0. The highest BCUT2D eigenvalue weighted by atomic mass is 16.6. The zero-order valence-electron chi connectivity index (χ0n) is 15.8. The molecular weight excluding hydrogens is 350 g/mol. The second-order valence-corrected chi connectivity index (χ2v) is 6.69. The summed E-state index contributed by atoms with van der Waals surface area (Å²) in [7, 11) is 0. The minimum atomic E-state index is -0.337. The number of carbonyl (C=O) groups excluding carboxylic acids is 1. The molecule has 0 radical (unpaired) electrons. The quantitative estimate of drug-likeness (QED) is 0.606. The highest BCUT2D eigenvalue weighted by Crippen LogP contribution is 2.13. The predicted molar refractivity (Wildman–Crippen MR) is 112 cm³/mol. The van der Waals surface area contributed by atoms with Gasteiger partial charge in [-0.1, -0.05) is 54.6 Å². The van der Waals surface area contributed by atoms with Crippen molar-refractivity contribution in [2.75, 3.05) is 18.0 Å². The van der Waals surface area contributed by atoms with E-state index < -0.39 is 0 Å². The molecule has 0 aliphatic heterocycles. The minimum Gasteiger partial charge on any atom is -0.445 e. The fourth-order valence-corrected chi connectivity index (χ4v) is 2.84. The van der Waals surface area contributed by atoms with Crippen LogP contribution in [0.15, 0.2) is 78.9 Å². The molecule has 28 heavy (non-hydrogen) atoms. The average molecular weight is 375 g/mol. The Bertz CT molecular complexity index is 878. The van der Waals surface area contributed by atoms with Gasteiger partial charge in [0.1, 0.15) is 6.61 Å². The van der Waals surface area contributed by atoms with Gasteiger partial charge in [-0.15, -0.1) is 0 Å². The van der Waals surface area contributed by atoms with Gasteiger partial charge in [0.05, 0.1) is 0 Å². The molecule has 0 aliphatic carbocycles. The Morgan fingerprint density at radius 1 is 0.750 bits per heavy atom. The molecule has 3 aromatic carbocycles. The number of nitrogens with two attached hydrogens (primary N) is 2. The van der Waals surface area contributed by atoms with E-state index in [0.29, 0.717) is 18.8 Å². The van der Waals surface area contributed by atoms with Crippen LogP contribution in [0, 0.1) is 0 Å². The summed E-state index contributed by atoms with van der Waals surface area (Å²) in [6.07, 6.45) is 0.381. The second kappa shape index (κ2) is 9.46. The van der Waals surface area contributed by atoms with Gasteiger partial charge >= 0.3 is 6.09 Å². The highest BCUT2D eigenvalue weighted by Gasteiger charge is 2.16. The Balaban J connectivity index is 1.66. The number of ether oxygens (including phenoxy) is 1. The van der Waals surface area contributed by atoms with Crippen LogP contribution in [0.3, 0.4) is 0 Å². The van der Waals surface area contributed by atoms with Crippen molar-refractivity contribution in [3.8, 4) is 0 Å². The first kappa shape index (κ1) is 19.3. The van der Waals surface area contributed by atoms with Crippen molar-refractivity contribution >= 4 is 17.5 Å². The van der Waals surface area contributed by atoms with E-state index in [9.17, 15) is 4.79 Å². The maximum absolute atomic E-state index is 12.7. The third-order valence-electron chi connectivity index (χ3n) is 4.47. The average Bonchev–Trinajstić information content (AvgIpc) is 2.72. The van der Waals surface area contributed by atoms with Crippen molar-refractivity contribution in [3.63, 3.8) is 0 Å². The highest BCUT2D eigenvalue weighted by molar-refractivity contribution is 5.67. The van der Waals surface area contributed by atoms with E-state index in [1.165, 1.54) is 0 Å². The van der Waals surface area contributed by atoms with Crippen molar-refractivity contribution in [2.24, 2.45) is 0 Å². The molecular formula is C23H25N3O2. The molecule has 0 atom stereocenters. The molecule has 0 bridgehead atoms. The normalized spacial score (nSPS) is 10.4. The predicted octanol–water partition coefficient (Wildman–Crippen LogP) is 4.23. The molecule has 1 amide bonds. The molecule has 5 nitrogen and oxygen atoms in total. The van der Waals surface area contributed by atoms with Crippen LogP contribution in [0.4, 0.5) is 16.2 Å². The number of amides is 1. The number of anilines is 2. The van der Waals surface area contributed by atoms with E-state index in [0.717, 1.165) is 28.8 Å². The third kappa shape index (κ3) is 5.77. The van der Waals surface area contributed by atoms with E-state index in [-0.39, 0.29) is 12.7 Å². The molecule has 0 aliphatic rings. The van der Waals surface area contributed by atoms with Crippen molar-refractivity contribution < 1.29 is 9.53 Å². The lowest BCUT2D eigenvalue weighted by molar-refractivity contribution is 0.0940. The molecule has 0 heterocycles. The van der Waals surface area contributed by atoms with E-state index >= 15 is 0 Å². The summed E-state index contributed by atoms with van der Waals surface area (Å²) >= 11 is 0. The van der Waals surface area contributed by atoms with Gasteiger partial charge in [-0.2, -0.15) is 0 Å². The molecule has 4 N–H and O–H groups in total. The number of rotatable bonds is 7. The Morgan fingerprint density at radius 2 is 1.32 bits per heavy atom. The van der Waals surface area contributed by atoms with E-state index in [4.69, 9.17) is 16.2 Å². The van der Waals surface area contributed by atoms with E-state index in [2.05, 4.69) is 0 Å². The minimum absolute atomic E-state index is 0.250. The van der Waals surface area contributed by atoms with Gasteiger partial charge in [-0.25, -0.2) is 4.79 Å². The summed E-state index contributed by atoms with van der Waals surface area (Å²) in [5.74, 6) is 0. The van der Waals surface area contributed by atoms with Crippen LogP contribution in [-0.2, 0) is 24.3 Å². The summed E-state index contributed by atoms with van der Waals surface area (Å²) in [4.78, 5) is 14.4. The summed E-state index contributed by atoms with van der Waals surface area (Å²) < 4.78 is 5.54. The van der Waals surface area contributed by atoms with Crippen LogP contribution < -0.4 is 11.5 Å². The van der Waals surface area contributed by atoms with Crippen LogP contribution >= 0.6 is 0 Å². The van der Waals surface area contributed by atoms with Crippen molar-refractivity contribution in [1.29, 1.82) is 0 Å². The number of nitrogens with zero attached hydrogens (tertiary/aromatic N) is 1. The molecule has 0 spiro atoms. The van der Waals surface area contributed by atoms with Gasteiger partial charge in [0.2, 0.25) is 0 Å². The molecule has 0 saturated carbocycles. The molecule has 144 valence electrons. The number of hydrogen-bond donors (Lipinski definition) is 2. The molecule has 0 aromatic heterocycles. The lowest BCUT2D eigenvalue weighted by atomic mass is 10.1. The SMILES string of the molecule is Nc1ccc(CCN(Cc2ccc(N)cc2)C(=O)OCc2ccccc2)cc1. The largest absolute Gasteiger partial charge is 0.445 e. The molecule has 3 rings (SSSR count). The van der Waals surface area contributed by atoms with Gasteiger partial charge in [0.25, 0.3) is 0 Å². The first-order chi connectivity index (χ1) is 13.6. The van der Waals surface area contributed by atoms with Crippen LogP contribution in [0.25, 0.3) is 0 Å². The van der Waals surface area contributed by atoms with Crippen LogP contribution in [-0.4, -0.2) is 17.5 Å². The van der Waals surface area contributed by atoms with Crippen LogP contribution in [0.5, 0.6) is 0 Å². The Hall–Kier alpha value is -3.47. The van der Waals surface area contributed by atoms with Gasteiger partial charge in [0, 0.05) is 24.5 Å². The maximum Gasteiger partial charge on any atom is 0.410 e. The van der Waals surface area contributed by atoms with Crippen LogP contribution in [0.1, 0.15) is 16.7 Å². The third-order valence-corrected chi connectivity index (χ3v) is 4.47. The Morgan fingerprint density at radius 3 is 1.93 bits per heavy atom. The summed E-state index contributed by atoms with van der Waals surface area (Å²) in [6, 6.07) is 24.9. The standard InChI is InChI=1S/C23H25N3O2/c24-21-10-6-18(7-11-21)14-15-26(16-19-8-12-22(25)13-9-19)23(27)28-17-20-4-2-1-3-5-20/h1-13H,14-17,24-25H2. The zero-order valence-corrected chi connectivity index (χ0v) is 15.8. The fraction of sp³-hybridized carbons (Fsp3) is 0.174. The number of hydrogen-bond acceptors (Lipinski definition) is 4. The smallest absolute Gasteiger partial charge is 0.410 e. The van der Waals surface area contributed by atoms with Gasteiger partial charge in [-0.05, 0) is 47.4 Å². The second-order valence-electron chi connectivity index (χ2n) is 6.69. The van der Waals surface area contributed by atoms with Crippen molar-refractivity contribution in [1.82, 2.24) is 4.90 Å². The topological polar surface area (TPSA) is 81.6 Å². The maximum atomic E-state index is 12.7. The number of carbonyl (C=O) groups is 1. The molecule has 0 saturated heterocycles. The van der Waals surface area contributed by atoms with Crippen molar-refractivity contribution in [3.05, 3.63) is 95.6 Å². The summed E-state index contributed by atoms with van der Waals surface area (Å²) in [5.41, 5.74) is 16.0. The lowest BCUT2D eigenvalue weighted by Crippen LogP contribution is -2.33. The summed E-state index contributed by atoms with van der Waals surface area (Å²) in [6.45, 7) is 1.25. The lowest BCUT2D eigenvalue weighted by Gasteiger charge is -2.22. The van der Waals surface area contributed by atoms with Gasteiger partial charge in [-0.3, -0.25) is 0 Å². The van der Waals surface area contributed by atoms with Gasteiger partial charge < -0.3 is 21.1 Å². The molecule has 3 aromatic rings. The molecule has 0 fully saturated rings. The Labute approximate surface area is 165 Å². The first-order valence-electron chi connectivity index (χ1n) is 9.24.